The highest BCUT2D eigenvalue weighted by molar-refractivity contribution is 8.00. The number of nitrogens with zero attached hydrogens (tertiary/aromatic N) is 5. The Kier molecular flexibility index (Phi) is 6.38. The molecule has 0 spiro atoms. The largest absolute Gasteiger partial charge is 0.468 e. The van der Waals surface area contributed by atoms with Gasteiger partial charge in [0.25, 0.3) is 0 Å². The Hall–Kier alpha value is -2.07. The van der Waals surface area contributed by atoms with Crippen LogP contribution in [-0.2, 0) is 14.3 Å². The van der Waals surface area contributed by atoms with Crippen molar-refractivity contribution in [2.45, 2.75) is 24.3 Å². The lowest BCUT2D eigenvalue weighted by Crippen LogP contribution is -2.45. The molecule has 10 heteroatoms. The van der Waals surface area contributed by atoms with E-state index in [0.29, 0.717) is 18.2 Å². The third-order valence-electron chi connectivity index (χ3n) is 4.23. The van der Waals surface area contributed by atoms with Crippen LogP contribution in [0.3, 0.4) is 0 Å². The highest BCUT2D eigenvalue weighted by Crippen LogP contribution is 2.24. The maximum atomic E-state index is 12.6. The molecule has 1 amide bonds. The van der Waals surface area contributed by atoms with Gasteiger partial charge in [-0.1, -0.05) is 29.5 Å². The Labute approximate surface area is 166 Å². The van der Waals surface area contributed by atoms with Crippen molar-refractivity contribution in [2.24, 2.45) is 0 Å². The second kappa shape index (κ2) is 8.75. The molecule has 1 saturated heterocycles. The lowest BCUT2D eigenvalue weighted by molar-refractivity contribution is -0.141. The molecule has 1 aromatic carbocycles. The van der Waals surface area contributed by atoms with Crippen molar-refractivity contribution < 1.29 is 14.3 Å². The minimum absolute atomic E-state index is 0.0376. The Morgan fingerprint density at radius 3 is 2.93 bits per heavy atom. The Morgan fingerprint density at radius 1 is 1.37 bits per heavy atom. The van der Waals surface area contributed by atoms with Gasteiger partial charge in [-0.05, 0) is 35.9 Å². The van der Waals surface area contributed by atoms with Gasteiger partial charge < -0.3 is 9.64 Å². The van der Waals surface area contributed by atoms with Crippen molar-refractivity contribution in [1.29, 1.82) is 0 Å². The van der Waals surface area contributed by atoms with Crippen LogP contribution in [0.15, 0.2) is 23.4 Å². The minimum Gasteiger partial charge on any atom is -0.468 e. The number of hydrogen-bond acceptors (Lipinski definition) is 8. The van der Waals surface area contributed by atoms with E-state index in [0.717, 1.165) is 22.6 Å². The number of hydrogen-bond donors (Lipinski definition) is 0. The second-order valence-corrected chi connectivity index (χ2v) is 8.43. The number of tetrazole rings is 1. The van der Waals surface area contributed by atoms with Gasteiger partial charge in [-0.2, -0.15) is 4.68 Å². The first kappa shape index (κ1) is 19.7. The quantitative estimate of drug-likeness (QED) is 0.544. The maximum absolute atomic E-state index is 12.6. The van der Waals surface area contributed by atoms with E-state index >= 15 is 0 Å². The molecule has 1 aliphatic rings. The van der Waals surface area contributed by atoms with Crippen LogP contribution in [0.2, 0.25) is 0 Å². The standard InChI is InChI=1S/C17H21N5O3S2/c1-11-4-5-13(12(2)8-11)22-17(18-19-20-22)27-10-15(23)21-6-7-26-14(9-21)16(24)25-3/h4-5,8,14H,6-7,9-10H2,1-3H3/t14-/m0/s1. The summed E-state index contributed by atoms with van der Waals surface area (Å²) in [5.41, 5.74) is 3.11. The van der Waals surface area contributed by atoms with Crippen molar-refractivity contribution in [1.82, 2.24) is 25.1 Å². The summed E-state index contributed by atoms with van der Waals surface area (Å²) in [5.74, 6) is 0.605. The predicted octanol–water partition coefficient (Wildman–Crippen LogP) is 1.49. The third kappa shape index (κ3) is 4.62. The van der Waals surface area contributed by atoms with E-state index in [2.05, 4.69) is 21.6 Å². The van der Waals surface area contributed by atoms with Crippen molar-refractivity contribution >= 4 is 35.4 Å². The van der Waals surface area contributed by atoms with Gasteiger partial charge in [0.05, 0.1) is 18.6 Å². The molecular weight excluding hydrogens is 386 g/mol. The number of thioether (sulfide) groups is 2. The van der Waals surface area contributed by atoms with Crippen molar-refractivity contribution in [3.8, 4) is 5.69 Å². The number of ether oxygens (including phenoxy) is 1. The summed E-state index contributed by atoms with van der Waals surface area (Å²) in [5, 5.41) is 12.1. The molecule has 144 valence electrons. The summed E-state index contributed by atoms with van der Waals surface area (Å²) >= 11 is 2.81. The number of benzene rings is 1. The predicted molar refractivity (Wildman–Crippen MR) is 104 cm³/mol. The van der Waals surface area contributed by atoms with Crippen LogP contribution in [0.5, 0.6) is 0 Å². The van der Waals surface area contributed by atoms with Crippen LogP contribution < -0.4 is 0 Å². The van der Waals surface area contributed by atoms with Crippen LogP contribution in [-0.4, -0.2) is 73.9 Å². The van der Waals surface area contributed by atoms with Crippen molar-refractivity contribution in [3.05, 3.63) is 29.3 Å². The molecule has 1 aliphatic heterocycles. The minimum atomic E-state index is -0.321. The van der Waals surface area contributed by atoms with Crippen LogP contribution >= 0.6 is 23.5 Å². The van der Waals surface area contributed by atoms with E-state index in [4.69, 9.17) is 4.74 Å². The fourth-order valence-electron chi connectivity index (χ4n) is 2.83. The zero-order chi connectivity index (χ0) is 19.4. The molecule has 0 unspecified atom stereocenters. The van der Waals surface area contributed by atoms with E-state index in [1.807, 2.05) is 26.0 Å². The SMILES string of the molecule is COC(=O)[C@@H]1CN(C(=O)CSc2nnnn2-c2ccc(C)cc2C)CCS1. The summed E-state index contributed by atoms with van der Waals surface area (Å²) in [6.45, 7) is 5.03. The number of aromatic nitrogens is 4. The molecule has 1 atom stereocenters. The number of rotatable bonds is 5. The molecular formula is C17H21N5O3S2. The first-order chi connectivity index (χ1) is 13.0. The van der Waals surface area contributed by atoms with Gasteiger partial charge in [-0.3, -0.25) is 9.59 Å². The summed E-state index contributed by atoms with van der Waals surface area (Å²) in [4.78, 5) is 26.0. The van der Waals surface area contributed by atoms with Crippen LogP contribution in [0, 0.1) is 13.8 Å². The van der Waals surface area contributed by atoms with Gasteiger partial charge in [0.15, 0.2) is 0 Å². The molecule has 0 bridgehead atoms. The van der Waals surface area contributed by atoms with E-state index in [1.165, 1.54) is 30.6 Å². The summed E-state index contributed by atoms with van der Waals surface area (Å²) in [6, 6.07) is 6.03. The van der Waals surface area contributed by atoms with Gasteiger partial charge in [0.1, 0.15) is 5.25 Å². The zero-order valence-corrected chi connectivity index (χ0v) is 17.0. The molecule has 3 rings (SSSR count). The monoisotopic (exact) mass is 407 g/mol. The number of amides is 1. The van der Waals surface area contributed by atoms with Crippen LogP contribution in [0.1, 0.15) is 11.1 Å². The summed E-state index contributed by atoms with van der Waals surface area (Å²) in [7, 11) is 1.37. The Morgan fingerprint density at radius 2 is 2.19 bits per heavy atom. The van der Waals surface area contributed by atoms with E-state index in [1.54, 1.807) is 9.58 Å². The fraction of sp³-hybridized carbons (Fsp3) is 0.471. The van der Waals surface area contributed by atoms with E-state index in [9.17, 15) is 9.59 Å². The smallest absolute Gasteiger partial charge is 0.320 e. The van der Waals surface area contributed by atoms with Crippen molar-refractivity contribution in [2.75, 3.05) is 31.7 Å². The zero-order valence-electron chi connectivity index (χ0n) is 15.4. The molecule has 8 nitrogen and oxygen atoms in total. The Bertz CT molecular complexity index is 842. The topological polar surface area (TPSA) is 90.2 Å². The number of carbonyl (C=O) groups excluding carboxylic acids is 2. The lowest BCUT2D eigenvalue weighted by Gasteiger charge is -2.30. The summed E-state index contributed by atoms with van der Waals surface area (Å²) in [6.07, 6.45) is 0. The number of methoxy groups -OCH3 is 1. The molecule has 1 aromatic heterocycles. The highest BCUT2D eigenvalue weighted by atomic mass is 32.2. The highest BCUT2D eigenvalue weighted by Gasteiger charge is 2.29. The third-order valence-corrected chi connectivity index (χ3v) is 6.30. The Balaban J connectivity index is 1.65. The van der Waals surface area contributed by atoms with Gasteiger partial charge in [0, 0.05) is 18.8 Å². The number of carbonyl (C=O) groups is 2. The molecule has 2 aromatic rings. The molecule has 27 heavy (non-hydrogen) atoms. The average Bonchev–Trinajstić information content (AvgIpc) is 3.13. The van der Waals surface area contributed by atoms with E-state index < -0.39 is 0 Å². The first-order valence-electron chi connectivity index (χ1n) is 8.45. The normalized spacial score (nSPS) is 17.0. The molecule has 0 radical (unpaired) electrons. The van der Waals surface area contributed by atoms with Gasteiger partial charge in [-0.15, -0.1) is 16.9 Å². The molecule has 2 heterocycles. The lowest BCUT2D eigenvalue weighted by atomic mass is 10.1. The average molecular weight is 408 g/mol. The van der Waals surface area contributed by atoms with Crippen LogP contribution in [0.4, 0.5) is 0 Å². The molecule has 0 N–H and O–H groups in total. The molecule has 1 fully saturated rings. The van der Waals surface area contributed by atoms with Gasteiger partial charge in [-0.25, -0.2) is 0 Å². The fourth-order valence-corrected chi connectivity index (χ4v) is 4.75. The van der Waals surface area contributed by atoms with Gasteiger partial charge >= 0.3 is 5.97 Å². The number of aryl methyl sites for hydroxylation is 2. The van der Waals surface area contributed by atoms with Crippen LogP contribution in [0.25, 0.3) is 5.69 Å². The second-order valence-electron chi connectivity index (χ2n) is 6.17. The summed E-state index contributed by atoms with van der Waals surface area (Å²) < 4.78 is 6.44. The molecule has 0 aliphatic carbocycles. The first-order valence-corrected chi connectivity index (χ1v) is 10.5. The van der Waals surface area contributed by atoms with E-state index in [-0.39, 0.29) is 22.9 Å². The van der Waals surface area contributed by atoms with Gasteiger partial charge in [0.2, 0.25) is 11.1 Å². The maximum Gasteiger partial charge on any atom is 0.320 e. The molecule has 0 saturated carbocycles. The number of esters is 1. The van der Waals surface area contributed by atoms with Crippen molar-refractivity contribution in [3.63, 3.8) is 0 Å².